The normalized spacial score (nSPS) is 11.3. The fourth-order valence-electron chi connectivity index (χ4n) is 2.42. The van der Waals surface area contributed by atoms with Crippen LogP contribution in [0.5, 0.6) is 0 Å². The lowest BCUT2D eigenvalue weighted by Crippen LogP contribution is -2.06. The molecule has 0 bridgehead atoms. The van der Waals surface area contributed by atoms with Gasteiger partial charge in [-0.25, -0.2) is 4.98 Å². The lowest BCUT2D eigenvalue weighted by molar-refractivity contribution is 1.31. The van der Waals surface area contributed by atoms with Gasteiger partial charge in [-0.1, -0.05) is 6.07 Å². The highest BCUT2D eigenvalue weighted by Gasteiger charge is 2.08. The van der Waals surface area contributed by atoms with Crippen molar-refractivity contribution in [2.24, 2.45) is 0 Å². The first-order valence-corrected chi connectivity index (χ1v) is 6.66. The first kappa shape index (κ1) is 12.0. The molecule has 4 rings (SSSR count). The number of imidazole rings is 1. The minimum absolute atomic E-state index is 0.491. The van der Waals surface area contributed by atoms with Crippen LogP contribution in [0.1, 0.15) is 5.56 Å². The van der Waals surface area contributed by atoms with Gasteiger partial charge in [0.1, 0.15) is 13.4 Å². The van der Waals surface area contributed by atoms with Crippen LogP contribution in [0.25, 0.3) is 22.1 Å². The van der Waals surface area contributed by atoms with Crippen molar-refractivity contribution in [1.29, 1.82) is 0 Å². The van der Waals surface area contributed by atoms with Gasteiger partial charge in [0, 0.05) is 6.20 Å². The first-order valence-electron chi connectivity index (χ1n) is 6.66. The Morgan fingerprint density at radius 1 is 1.10 bits per heavy atom. The second-order valence-corrected chi connectivity index (χ2v) is 5.07. The molecule has 100 valence electrons. The van der Waals surface area contributed by atoms with Crippen LogP contribution in [0.15, 0.2) is 36.5 Å². The second kappa shape index (κ2) is 4.38. The summed E-state index contributed by atoms with van der Waals surface area (Å²) in [7, 11) is 5.75. The van der Waals surface area contributed by atoms with E-state index in [9.17, 15) is 0 Å². The van der Waals surface area contributed by atoms with Crippen molar-refractivity contribution in [3.05, 3.63) is 42.1 Å². The molecule has 21 heavy (non-hydrogen) atoms. The summed E-state index contributed by atoms with van der Waals surface area (Å²) in [6.45, 7) is 2.06. The van der Waals surface area contributed by atoms with Gasteiger partial charge in [0.05, 0.1) is 22.2 Å². The first-order chi connectivity index (χ1) is 10.2. The highest BCUT2D eigenvalue weighted by atomic mass is 15.1. The van der Waals surface area contributed by atoms with Crippen LogP contribution < -0.4 is 10.9 Å². The number of hydrogen-bond acceptors (Lipinski definition) is 3. The van der Waals surface area contributed by atoms with Crippen molar-refractivity contribution in [2.75, 3.05) is 5.32 Å². The van der Waals surface area contributed by atoms with E-state index in [-0.39, 0.29) is 0 Å². The number of nitrogens with zero attached hydrogens (tertiary/aromatic N) is 2. The van der Waals surface area contributed by atoms with Crippen LogP contribution >= 0.6 is 0 Å². The number of anilines is 2. The second-order valence-electron chi connectivity index (χ2n) is 5.07. The summed E-state index contributed by atoms with van der Waals surface area (Å²) in [6.07, 6.45) is 1.86. The Hall–Kier alpha value is -2.76. The maximum atomic E-state index is 5.75. The van der Waals surface area contributed by atoms with Gasteiger partial charge in [0.15, 0.2) is 0 Å². The quantitative estimate of drug-likeness (QED) is 0.491. The molecule has 0 saturated carbocycles. The minimum Gasteiger partial charge on any atom is -0.358 e. The molecular formula is C15H12BN5. The van der Waals surface area contributed by atoms with Gasteiger partial charge in [-0.15, -0.1) is 0 Å². The molecule has 0 saturated heterocycles. The molecule has 5 nitrogen and oxygen atoms in total. The number of aromatic amines is 2. The van der Waals surface area contributed by atoms with Gasteiger partial charge in [-0.2, -0.15) is 0 Å². The average molecular weight is 273 g/mol. The molecule has 3 heterocycles. The van der Waals surface area contributed by atoms with Crippen LogP contribution in [0, 0.1) is 6.92 Å². The molecular weight excluding hydrogens is 261 g/mol. The number of aryl methyl sites for hydroxylation is 1. The molecule has 4 aromatic rings. The summed E-state index contributed by atoms with van der Waals surface area (Å²) in [5.41, 5.74) is 6.18. The number of aromatic nitrogens is 4. The molecule has 0 aliphatic heterocycles. The molecule has 1 aromatic carbocycles. The Balaban J connectivity index is 1.77. The zero-order valence-corrected chi connectivity index (χ0v) is 11.4. The van der Waals surface area contributed by atoms with Crippen LogP contribution in [0.3, 0.4) is 0 Å². The van der Waals surface area contributed by atoms with Gasteiger partial charge >= 0.3 is 0 Å². The number of H-pyrrole nitrogens is 2. The Bertz CT molecular complexity index is 953. The number of fused-ring (bicyclic) bond motifs is 2. The SMILES string of the molecule is [B]c1ccc2[nH]cc(Nc3nc4ccc(C)cc4[nH]3)c2n1. The molecule has 0 fully saturated rings. The summed E-state index contributed by atoms with van der Waals surface area (Å²) < 4.78 is 0. The standard InChI is InChI=1S/C15H12BN5/c1-8-2-3-9-11(6-8)19-15(18-9)20-12-7-17-10-4-5-13(16)21-14(10)12/h2-7,17H,1H3,(H2,18,19,20). The maximum absolute atomic E-state index is 5.75. The Morgan fingerprint density at radius 3 is 2.90 bits per heavy atom. The van der Waals surface area contributed by atoms with E-state index in [1.165, 1.54) is 5.56 Å². The van der Waals surface area contributed by atoms with Crippen molar-refractivity contribution in [1.82, 2.24) is 19.9 Å². The van der Waals surface area contributed by atoms with E-state index < -0.39 is 0 Å². The zero-order chi connectivity index (χ0) is 14.4. The predicted molar refractivity (Wildman–Crippen MR) is 85.6 cm³/mol. The van der Waals surface area contributed by atoms with Crippen molar-refractivity contribution < 1.29 is 0 Å². The Kier molecular flexibility index (Phi) is 2.51. The molecule has 6 heteroatoms. The molecule has 0 amide bonds. The van der Waals surface area contributed by atoms with E-state index in [0.29, 0.717) is 11.5 Å². The number of pyridine rings is 1. The fraction of sp³-hybridized carbons (Fsp3) is 0.0667. The van der Waals surface area contributed by atoms with Crippen molar-refractivity contribution in [3.63, 3.8) is 0 Å². The molecule has 0 atom stereocenters. The molecule has 0 aliphatic carbocycles. The molecule has 0 spiro atoms. The molecule has 0 unspecified atom stereocenters. The molecule has 3 aromatic heterocycles. The Labute approximate surface area is 122 Å². The van der Waals surface area contributed by atoms with Crippen molar-refractivity contribution in [2.45, 2.75) is 6.92 Å². The van der Waals surface area contributed by atoms with Gasteiger partial charge in [-0.3, -0.25) is 4.98 Å². The lowest BCUT2D eigenvalue weighted by atomic mass is 10.0. The summed E-state index contributed by atoms with van der Waals surface area (Å²) in [5, 5.41) is 3.25. The number of rotatable bonds is 2. The third-order valence-electron chi connectivity index (χ3n) is 3.43. The van der Waals surface area contributed by atoms with Crippen LogP contribution in [-0.4, -0.2) is 27.8 Å². The van der Waals surface area contributed by atoms with E-state index in [1.807, 2.05) is 24.4 Å². The maximum Gasteiger partial charge on any atom is 0.205 e. The summed E-state index contributed by atoms with van der Waals surface area (Å²) in [6, 6.07) is 9.79. The summed E-state index contributed by atoms with van der Waals surface area (Å²) in [4.78, 5) is 15.3. The van der Waals surface area contributed by atoms with E-state index in [4.69, 9.17) is 7.85 Å². The van der Waals surface area contributed by atoms with Crippen molar-refractivity contribution in [3.8, 4) is 0 Å². The van der Waals surface area contributed by atoms with Crippen LogP contribution in [-0.2, 0) is 0 Å². The van der Waals surface area contributed by atoms with Crippen LogP contribution in [0.4, 0.5) is 11.6 Å². The van der Waals surface area contributed by atoms with Gasteiger partial charge in [-0.05, 0) is 42.3 Å². The van der Waals surface area contributed by atoms with E-state index >= 15 is 0 Å². The third-order valence-corrected chi connectivity index (χ3v) is 3.43. The lowest BCUT2D eigenvalue weighted by Gasteiger charge is -2.00. The fourth-order valence-corrected chi connectivity index (χ4v) is 2.42. The predicted octanol–water partition coefficient (Wildman–Crippen LogP) is 2.29. The Morgan fingerprint density at radius 2 is 2.00 bits per heavy atom. The largest absolute Gasteiger partial charge is 0.358 e. The van der Waals surface area contributed by atoms with E-state index in [0.717, 1.165) is 27.8 Å². The summed E-state index contributed by atoms with van der Waals surface area (Å²) >= 11 is 0. The highest BCUT2D eigenvalue weighted by Crippen LogP contribution is 2.24. The van der Waals surface area contributed by atoms with Gasteiger partial charge < -0.3 is 15.3 Å². The zero-order valence-electron chi connectivity index (χ0n) is 11.4. The molecule has 3 N–H and O–H groups in total. The van der Waals surface area contributed by atoms with Gasteiger partial charge in [0.25, 0.3) is 0 Å². The van der Waals surface area contributed by atoms with Gasteiger partial charge in [0.2, 0.25) is 5.95 Å². The van der Waals surface area contributed by atoms with E-state index in [2.05, 4.69) is 38.2 Å². The van der Waals surface area contributed by atoms with Crippen LogP contribution in [0.2, 0.25) is 0 Å². The molecule has 0 aliphatic rings. The van der Waals surface area contributed by atoms with E-state index in [1.54, 1.807) is 6.07 Å². The number of hydrogen-bond donors (Lipinski definition) is 3. The minimum atomic E-state index is 0.491. The number of benzene rings is 1. The highest BCUT2D eigenvalue weighted by molar-refractivity contribution is 6.31. The molecule has 2 radical (unpaired) electrons. The topological polar surface area (TPSA) is 69.4 Å². The third kappa shape index (κ3) is 2.05. The summed E-state index contributed by atoms with van der Waals surface area (Å²) in [5.74, 6) is 0.681. The van der Waals surface area contributed by atoms with Crippen molar-refractivity contribution >= 4 is 47.1 Å². The average Bonchev–Trinajstić information content (AvgIpc) is 3.02. The monoisotopic (exact) mass is 273 g/mol. The smallest absolute Gasteiger partial charge is 0.205 e. The number of nitrogens with one attached hydrogen (secondary N) is 3.